The first-order valence-electron chi connectivity index (χ1n) is 13.8. The van der Waals surface area contributed by atoms with Crippen LogP contribution in [0.5, 0.6) is 0 Å². The van der Waals surface area contributed by atoms with Gasteiger partial charge in [0.05, 0.1) is 0 Å². The van der Waals surface area contributed by atoms with Gasteiger partial charge < -0.3 is 45.5 Å². The first-order valence-corrected chi connectivity index (χ1v) is 13.8. The highest BCUT2D eigenvalue weighted by Gasteiger charge is 2.24. The van der Waals surface area contributed by atoms with Crippen LogP contribution in [0.2, 0.25) is 0 Å². The van der Waals surface area contributed by atoms with Crippen LogP contribution < -0.4 is 0 Å². The average Bonchev–Trinajstić information content (AvgIpc) is 2.99. The van der Waals surface area contributed by atoms with Crippen molar-refractivity contribution in [2.24, 2.45) is 0 Å². The summed E-state index contributed by atoms with van der Waals surface area (Å²) < 4.78 is 0. The van der Waals surface area contributed by atoms with E-state index in [-0.39, 0.29) is 0 Å². The number of hydrogen-bond acceptors (Lipinski definition) is 10. The number of aliphatic hydroxyl groups is 1. The molecule has 0 saturated carbocycles. The fourth-order valence-corrected chi connectivity index (χ4v) is 3.64. The molecule has 0 bridgehead atoms. The number of aliphatic hydroxyl groups excluding tert-OH is 1. The standard InChI is InChI=1S/C18H31N3O.3C4H4O4/c1-19(2)11-9-18(17-7-4-3-5-8-17)21-14-12-20(13-15-21)10-6-16-22;3*5-3(6)1-2-4(7)8/h3-5,7-8,18,22H,6,9-16H2,1-2H3;3*1-2H,(H,5,6)(H,7,8)/b;3*2-1-. The molecule has 0 aromatic heterocycles. The van der Waals surface area contributed by atoms with Crippen LogP contribution in [0.25, 0.3) is 0 Å². The third-order valence-electron chi connectivity index (χ3n) is 5.62. The van der Waals surface area contributed by atoms with Gasteiger partial charge in [0, 0.05) is 81.8 Å². The molecule has 1 saturated heterocycles. The summed E-state index contributed by atoms with van der Waals surface area (Å²) in [4.78, 5) is 64.7. The van der Waals surface area contributed by atoms with Gasteiger partial charge in [-0.2, -0.15) is 0 Å². The Morgan fingerprint density at radius 2 is 1.04 bits per heavy atom. The quantitative estimate of drug-likeness (QED) is 0.137. The Morgan fingerprint density at radius 1 is 0.674 bits per heavy atom. The van der Waals surface area contributed by atoms with Gasteiger partial charge in [0.25, 0.3) is 0 Å². The largest absolute Gasteiger partial charge is 0.478 e. The SMILES string of the molecule is CN(C)CCC(c1ccccc1)N1CCN(CCCO)CC1.O=C(O)/C=C\C(=O)O.O=C(O)/C=C\C(=O)O.O=C(O)/C=C\C(=O)O. The zero-order chi connectivity index (χ0) is 35.5. The number of carboxylic acids is 6. The number of nitrogens with zero attached hydrogens (tertiary/aromatic N) is 3. The minimum Gasteiger partial charge on any atom is -0.478 e. The van der Waals surface area contributed by atoms with E-state index in [0.717, 1.165) is 45.7 Å². The lowest BCUT2D eigenvalue weighted by molar-refractivity contribution is -0.134. The lowest BCUT2D eigenvalue weighted by atomic mass is 10.0. The Kier molecular flexibility index (Phi) is 24.9. The Labute approximate surface area is 266 Å². The van der Waals surface area contributed by atoms with Gasteiger partial charge in [-0.25, -0.2) is 28.8 Å². The molecule has 16 heteroatoms. The molecule has 256 valence electrons. The number of rotatable bonds is 14. The molecule has 0 spiro atoms. The zero-order valence-electron chi connectivity index (χ0n) is 25.7. The maximum Gasteiger partial charge on any atom is 0.328 e. The first kappa shape index (κ1) is 43.2. The summed E-state index contributed by atoms with van der Waals surface area (Å²) in [6.45, 7) is 6.92. The highest BCUT2D eigenvalue weighted by Crippen LogP contribution is 2.25. The van der Waals surface area contributed by atoms with Crippen molar-refractivity contribution in [3.8, 4) is 0 Å². The van der Waals surface area contributed by atoms with E-state index in [1.165, 1.54) is 12.0 Å². The molecule has 1 aromatic carbocycles. The van der Waals surface area contributed by atoms with Crippen LogP contribution in [0.15, 0.2) is 66.8 Å². The van der Waals surface area contributed by atoms with Crippen molar-refractivity contribution in [1.29, 1.82) is 0 Å². The molecule has 2 rings (SSSR count). The van der Waals surface area contributed by atoms with Crippen molar-refractivity contribution in [3.63, 3.8) is 0 Å². The Hall–Kier alpha value is -4.90. The summed E-state index contributed by atoms with van der Waals surface area (Å²) >= 11 is 0. The Bertz CT molecular complexity index is 1030. The van der Waals surface area contributed by atoms with Gasteiger partial charge in [-0.05, 0) is 39.0 Å². The van der Waals surface area contributed by atoms with E-state index in [0.29, 0.717) is 49.1 Å². The van der Waals surface area contributed by atoms with E-state index in [1.807, 2.05) is 0 Å². The number of carbonyl (C=O) groups is 6. The van der Waals surface area contributed by atoms with E-state index >= 15 is 0 Å². The maximum atomic E-state index is 9.55. The van der Waals surface area contributed by atoms with Gasteiger partial charge in [-0.1, -0.05) is 30.3 Å². The van der Waals surface area contributed by atoms with E-state index < -0.39 is 35.8 Å². The molecule has 1 unspecified atom stereocenters. The van der Waals surface area contributed by atoms with Gasteiger partial charge in [-0.15, -0.1) is 0 Å². The molecule has 7 N–H and O–H groups in total. The third-order valence-corrected chi connectivity index (χ3v) is 5.62. The van der Waals surface area contributed by atoms with Crippen molar-refractivity contribution in [1.82, 2.24) is 14.7 Å². The van der Waals surface area contributed by atoms with E-state index in [9.17, 15) is 28.8 Å². The summed E-state index contributed by atoms with van der Waals surface area (Å²) in [6.07, 6.45) is 5.41. The van der Waals surface area contributed by atoms with Crippen molar-refractivity contribution in [2.45, 2.75) is 18.9 Å². The van der Waals surface area contributed by atoms with E-state index in [2.05, 4.69) is 59.1 Å². The van der Waals surface area contributed by atoms with E-state index in [1.54, 1.807) is 0 Å². The van der Waals surface area contributed by atoms with Crippen LogP contribution >= 0.6 is 0 Å². The smallest absolute Gasteiger partial charge is 0.328 e. The fourth-order valence-electron chi connectivity index (χ4n) is 3.64. The number of aliphatic carboxylic acids is 6. The normalized spacial score (nSPS) is 13.9. The Balaban J connectivity index is 0. The minimum absolute atomic E-state index is 0.301. The van der Waals surface area contributed by atoms with Crippen molar-refractivity contribution in [2.75, 3.05) is 60.0 Å². The van der Waals surface area contributed by atoms with Crippen LogP contribution in [0.4, 0.5) is 0 Å². The van der Waals surface area contributed by atoms with Crippen molar-refractivity contribution >= 4 is 35.8 Å². The van der Waals surface area contributed by atoms with E-state index in [4.69, 9.17) is 35.7 Å². The molecule has 1 aromatic rings. The highest BCUT2D eigenvalue weighted by atomic mass is 16.4. The monoisotopic (exact) mass is 653 g/mol. The zero-order valence-corrected chi connectivity index (χ0v) is 25.7. The molecular formula is C30H43N3O13. The number of piperazine rings is 1. The van der Waals surface area contributed by atoms with Gasteiger partial charge in [-0.3, -0.25) is 4.90 Å². The first-order chi connectivity index (χ1) is 21.6. The second kappa shape index (κ2) is 26.5. The third kappa shape index (κ3) is 27.9. The summed E-state index contributed by atoms with van der Waals surface area (Å²) in [6, 6.07) is 11.4. The summed E-state index contributed by atoms with van der Waals surface area (Å²) in [7, 11) is 4.30. The molecule has 1 aliphatic rings. The van der Waals surface area contributed by atoms with Crippen LogP contribution in [0.1, 0.15) is 24.4 Å². The molecule has 1 atom stereocenters. The number of benzene rings is 1. The molecule has 16 nitrogen and oxygen atoms in total. The van der Waals surface area contributed by atoms with Gasteiger partial charge >= 0.3 is 35.8 Å². The van der Waals surface area contributed by atoms with Gasteiger partial charge in [0.15, 0.2) is 0 Å². The van der Waals surface area contributed by atoms with Crippen LogP contribution in [0, 0.1) is 0 Å². The van der Waals surface area contributed by atoms with Gasteiger partial charge in [0.1, 0.15) is 0 Å². The molecule has 46 heavy (non-hydrogen) atoms. The molecule has 1 fully saturated rings. The average molecular weight is 654 g/mol. The maximum absolute atomic E-state index is 9.55. The molecule has 1 aliphatic heterocycles. The minimum atomic E-state index is -1.26. The molecule has 1 heterocycles. The highest BCUT2D eigenvalue weighted by molar-refractivity contribution is 5.90. The molecule has 0 aliphatic carbocycles. The predicted molar refractivity (Wildman–Crippen MR) is 165 cm³/mol. The second-order valence-corrected chi connectivity index (χ2v) is 9.50. The number of hydrogen-bond donors (Lipinski definition) is 7. The van der Waals surface area contributed by atoms with Gasteiger partial charge in [0.2, 0.25) is 0 Å². The van der Waals surface area contributed by atoms with Crippen molar-refractivity contribution < 1.29 is 64.5 Å². The molecular weight excluding hydrogens is 610 g/mol. The molecule has 0 radical (unpaired) electrons. The fraction of sp³-hybridized carbons (Fsp3) is 0.400. The van der Waals surface area contributed by atoms with Crippen LogP contribution in [-0.2, 0) is 28.8 Å². The van der Waals surface area contributed by atoms with Crippen LogP contribution in [0.3, 0.4) is 0 Å². The summed E-state index contributed by atoms with van der Waals surface area (Å²) in [5, 5.41) is 55.8. The second-order valence-electron chi connectivity index (χ2n) is 9.50. The topological polar surface area (TPSA) is 254 Å². The van der Waals surface area contributed by atoms with Crippen molar-refractivity contribution in [3.05, 3.63) is 72.4 Å². The summed E-state index contributed by atoms with van der Waals surface area (Å²) in [5.41, 5.74) is 1.44. The number of carboxylic acid groups (broad SMARTS) is 6. The van der Waals surface area contributed by atoms with Crippen LogP contribution in [-0.4, -0.2) is 146 Å². The summed E-state index contributed by atoms with van der Waals surface area (Å²) in [5.74, 6) is -7.54. The molecule has 0 amide bonds. The Morgan fingerprint density at radius 3 is 1.35 bits per heavy atom. The predicted octanol–water partition coefficient (Wildman–Crippen LogP) is 0.815. The lowest BCUT2D eigenvalue weighted by Crippen LogP contribution is -2.48. The lowest BCUT2D eigenvalue weighted by Gasteiger charge is -2.40.